The van der Waals surface area contributed by atoms with Crippen molar-refractivity contribution in [1.82, 2.24) is 15.3 Å². The van der Waals surface area contributed by atoms with E-state index in [9.17, 15) is 4.79 Å². The number of aromatic nitrogens is 2. The zero-order chi connectivity index (χ0) is 17.2. The number of hydrogen-bond acceptors (Lipinski definition) is 6. The molecule has 7 nitrogen and oxygen atoms in total. The van der Waals surface area contributed by atoms with Gasteiger partial charge in [-0.3, -0.25) is 4.79 Å². The molecule has 2 N–H and O–H groups in total. The molecule has 1 atom stereocenters. The normalized spacial score (nSPS) is 12.1. The molecule has 0 saturated heterocycles. The van der Waals surface area contributed by atoms with E-state index in [4.69, 9.17) is 9.15 Å². The van der Waals surface area contributed by atoms with Crippen molar-refractivity contribution in [3.05, 3.63) is 42.6 Å². The lowest BCUT2D eigenvalue weighted by Crippen LogP contribution is -2.32. The van der Waals surface area contributed by atoms with Gasteiger partial charge >= 0.3 is 0 Å². The summed E-state index contributed by atoms with van der Waals surface area (Å²) >= 11 is 0. The van der Waals surface area contributed by atoms with E-state index < -0.39 is 0 Å². The molecule has 0 aliphatic rings. The summed E-state index contributed by atoms with van der Waals surface area (Å²) in [5.41, 5.74) is 0. The van der Waals surface area contributed by atoms with Gasteiger partial charge in [-0.05, 0) is 24.1 Å². The van der Waals surface area contributed by atoms with Crippen LogP contribution in [0.15, 0.2) is 41.3 Å². The van der Waals surface area contributed by atoms with Gasteiger partial charge in [0.2, 0.25) is 11.9 Å². The average molecular weight is 332 g/mol. The van der Waals surface area contributed by atoms with E-state index in [-0.39, 0.29) is 11.9 Å². The number of carbonyl (C=O) groups excluding carboxylic acids is 1. The molecule has 0 saturated carbocycles. The standard InChI is InChI=1S/C17H24N4O3/c1-13(2)11-23-12-14(15-5-3-10-24-15)21-16(22)6-9-20-17-18-7-4-8-19-17/h3-5,7-8,10,13-14H,6,9,11-12H2,1-2H3,(H,21,22)(H,18,19,20)/t14-/m0/s1. The van der Waals surface area contributed by atoms with E-state index in [0.29, 0.717) is 43.8 Å². The maximum Gasteiger partial charge on any atom is 0.222 e. The van der Waals surface area contributed by atoms with Crippen LogP contribution >= 0.6 is 0 Å². The highest BCUT2D eigenvalue weighted by molar-refractivity contribution is 5.76. The summed E-state index contributed by atoms with van der Waals surface area (Å²) in [6, 6.07) is 5.08. The smallest absolute Gasteiger partial charge is 0.222 e. The fourth-order valence-corrected chi connectivity index (χ4v) is 2.05. The summed E-state index contributed by atoms with van der Waals surface area (Å²) in [5, 5.41) is 5.94. The summed E-state index contributed by atoms with van der Waals surface area (Å²) in [5.74, 6) is 1.54. The summed E-state index contributed by atoms with van der Waals surface area (Å²) in [6.45, 7) is 5.63. The Hall–Kier alpha value is -2.41. The molecule has 1 amide bonds. The van der Waals surface area contributed by atoms with E-state index in [2.05, 4.69) is 34.4 Å². The van der Waals surface area contributed by atoms with Gasteiger partial charge in [-0.1, -0.05) is 13.8 Å². The molecule has 0 fully saturated rings. The largest absolute Gasteiger partial charge is 0.467 e. The molecule has 0 aromatic carbocycles. The number of nitrogens with one attached hydrogen (secondary N) is 2. The highest BCUT2D eigenvalue weighted by Crippen LogP contribution is 2.14. The van der Waals surface area contributed by atoms with Crippen LogP contribution in [0, 0.1) is 5.92 Å². The van der Waals surface area contributed by atoms with E-state index in [0.717, 1.165) is 0 Å². The van der Waals surface area contributed by atoms with Crippen LogP contribution in [0.3, 0.4) is 0 Å². The van der Waals surface area contributed by atoms with Crippen molar-refractivity contribution in [2.24, 2.45) is 5.92 Å². The van der Waals surface area contributed by atoms with Gasteiger partial charge in [0, 0.05) is 32.0 Å². The Morgan fingerprint density at radius 3 is 2.71 bits per heavy atom. The summed E-state index contributed by atoms with van der Waals surface area (Å²) < 4.78 is 11.0. The molecule has 2 aromatic rings. The van der Waals surface area contributed by atoms with Crippen LogP contribution in [-0.2, 0) is 9.53 Å². The predicted octanol–water partition coefficient (Wildman–Crippen LogP) is 2.40. The van der Waals surface area contributed by atoms with Gasteiger partial charge in [-0.2, -0.15) is 0 Å². The number of nitrogens with zero attached hydrogens (tertiary/aromatic N) is 2. The Balaban J connectivity index is 1.78. The van der Waals surface area contributed by atoms with E-state index in [1.807, 2.05) is 6.07 Å². The van der Waals surface area contributed by atoms with Crippen molar-refractivity contribution >= 4 is 11.9 Å². The Labute approximate surface area is 141 Å². The van der Waals surface area contributed by atoms with Gasteiger partial charge in [-0.25, -0.2) is 9.97 Å². The molecule has 0 aliphatic heterocycles. The molecule has 0 aliphatic carbocycles. The first-order chi connectivity index (χ1) is 11.6. The van der Waals surface area contributed by atoms with Crippen molar-refractivity contribution in [3.8, 4) is 0 Å². The van der Waals surface area contributed by atoms with Gasteiger partial charge in [0.1, 0.15) is 11.8 Å². The average Bonchev–Trinajstić information content (AvgIpc) is 3.09. The van der Waals surface area contributed by atoms with Crippen molar-refractivity contribution in [1.29, 1.82) is 0 Å². The number of amides is 1. The minimum Gasteiger partial charge on any atom is -0.467 e. The van der Waals surface area contributed by atoms with E-state index >= 15 is 0 Å². The summed E-state index contributed by atoms with van der Waals surface area (Å²) in [6.07, 6.45) is 5.19. The Bertz CT molecular complexity index is 587. The Morgan fingerprint density at radius 1 is 1.25 bits per heavy atom. The zero-order valence-electron chi connectivity index (χ0n) is 14.1. The molecule has 130 valence electrons. The SMILES string of the molecule is CC(C)COC[C@H](NC(=O)CCNc1ncccn1)c1ccco1. The molecule has 7 heteroatoms. The molecular formula is C17H24N4O3. The fourth-order valence-electron chi connectivity index (χ4n) is 2.05. The first-order valence-electron chi connectivity index (χ1n) is 8.06. The first-order valence-corrected chi connectivity index (χ1v) is 8.06. The lowest BCUT2D eigenvalue weighted by atomic mass is 10.2. The second-order valence-electron chi connectivity index (χ2n) is 5.82. The number of carbonyl (C=O) groups is 1. The van der Waals surface area contributed by atoms with E-state index in [1.54, 1.807) is 30.8 Å². The molecule has 0 bridgehead atoms. The maximum absolute atomic E-state index is 12.1. The lowest BCUT2D eigenvalue weighted by molar-refractivity contribution is -0.122. The topological polar surface area (TPSA) is 89.3 Å². The number of ether oxygens (including phenoxy) is 1. The van der Waals surface area contributed by atoms with Crippen molar-refractivity contribution in [2.45, 2.75) is 26.3 Å². The second kappa shape index (κ2) is 9.67. The second-order valence-corrected chi connectivity index (χ2v) is 5.82. The Morgan fingerprint density at radius 2 is 2.04 bits per heavy atom. The van der Waals surface area contributed by atoms with Crippen LogP contribution in [0.2, 0.25) is 0 Å². The third kappa shape index (κ3) is 6.37. The highest BCUT2D eigenvalue weighted by Gasteiger charge is 2.17. The Kier molecular flexibility index (Phi) is 7.22. The maximum atomic E-state index is 12.1. The minimum absolute atomic E-state index is 0.0898. The fraction of sp³-hybridized carbons (Fsp3) is 0.471. The van der Waals surface area contributed by atoms with Crippen LogP contribution in [0.5, 0.6) is 0 Å². The van der Waals surface area contributed by atoms with Crippen LogP contribution in [-0.4, -0.2) is 35.6 Å². The zero-order valence-corrected chi connectivity index (χ0v) is 14.1. The molecular weight excluding hydrogens is 308 g/mol. The third-order valence-corrected chi connectivity index (χ3v) is 3.16. The van der Waals surface area contributed by atoms with Crippen molar-refractivity contribution in [2.75, 3.05) is 25.1 Å². The first kappa shape index (κ1) is 17.9. The van der Waals surface area contributed by atoms with Crippen molar-refractivity contribution < 1.29 is 13.9 Å². The number of rotatable bonds is 10. The number of anilines is 1. The van der Waals surface area contributed by atoms with Crippen LogP contribution in [0.25, 0.3) is 0 Å². The van der Waals surface area contributed by atoms with E-state index in [1.165, 1.54) is 0 Å². The predicted molar refractivity (Wildman–Crippen MR) is 90.4 cm³/mol. The molecule has 2 heterocycles. The van der Waals surface area contributed by atoms with Crippen LogP contribution < -0.4 is 10.6 Å². The van der Waals surface area contributed by atoms with Gasteiger partial charge in [0.05, 0.1) is 12.9 Å². The lowest BCUT2D eigenvalue weighted by Gasteiger charge is -2.18. The van der Waals surface area contributed by atoms with Gasteiger partial charge in [0.25, 0.3) is 0 Å². The number of furan rings is 1. The van der Waals surface area contributed by atoms with Crippen LogP contribution in [0.1, 0.15) is 32.1 Å². The summed E-state index contributed by atoms with van der Waals surface area (Å²) in [4.78, 5) is 20.2. The number of hydrogen-bond donors (Lipinski definition) is 2. The molecule has 2 rings (SSSR count). The highest BCUT2D eigenvalue weighted by atomic mass is 16.5. The van der Waals surface area contributed by atoms with Gasteiger partial charge in [-0.15, -0.1) is 0 Å². The molecule has 0 unspecified atom stereocenters. The monoisotopic (exact) mass is 332 g/mol. The van der Waals surface area contributed by atoms with Crippen molar-refractivity contribution in [3.63, 3.8) is 0 Å². The quantitative estimate of drug-likeness (QED) is 0.694. The van der Waals surface area contributed by atoms with Crippen LogP contribution in [0.4, 0.5) is 5.95 Å². The third-order valence-electron chi connectivity index (χ3n) is 3.16. The molecule has 2 aromatic heterocycles. The molecule has 0 radical (unpaired) electrons. The van der Waals surface area contributed by atoms with Gasteiger partial charge < -0.3 is 19.8 Å². The van der Waals surface area contributed by atoms with Gasteiger partial charge in [0.15, 0.2) is 0 Å². The minimum atomic E-state index is -0.292. The summed E-state index contributed by atoms with van der Waals surface area (Å²) in [7, 11) is 0. The molecule has 0 spiro atoms. The molecule has 24 heavy (non-hydrogen) atoms.